The van der Waals surface area contributed by atoms with Crippen molar-refractivity contribution in [3.8, 4) is 17.2 Å². The molecule has 152 valence electrons. The number of benzene rings is 1. The van der Waals surface area contributed by atoms with E-state index in [0.29, 0.717) is 5.56 Å². The lowest BCUT2D eigenvalue weighted by Crippen LogP contribution is -2.46. The van der Waals surface area contributed by atoms with E-state index in [1.807, 2.05) is 16.3 Å². The largest absolute Gasteiger partial charge is 0.336 e. The summed E-state index contributed by atoms with van der Waals surface area (Å²) in [6, 6.07) is 12.7. The number of hydrogen-bond donors (Lipinski definition) is 0. The number of amides is 1. The normalized spacial score (nSPS) is 18.3. The van der Waals surface area contributed by atoms with Gasteiger partial charge in [-0.05, 0) is 41.7 Å². The van der Waals surface area contributed by atoms with Crippen molar-refractivity contribution in [2.24, 2.45) is 0 Å². The van der Waals surface area contributed by atoms with E-state index in [-0.39, 0.29) is 11.3 Å². The average molecular weight is 435 g/mol. The molecule has 1 aliphatic carbocycles. The van der Waals surface area contributed by atoms with Gasteiger partial charge in [0, 0.05) is 37.9 Å². The summed E-state index contributed by atoms with van der Waals surface area (Å²) >= 11 is 3.35. The van der Waals surface area contributed by atoms with E-state index in [4.69, 9.17) is 0 Å². The van der Waals surface area contributed by atoms with E-state index >= 15 is 0 Å². The highest BCUT2D eigenvalue weighted by atomic mass is 32.2. The predicted molar refractivity (Wildman–Crippen MR) is 123 cm³/mol. The number of piperazine rings is 1. The van der Waals surface area contributed by atoms with Gasteiger partial charge in [0.25, 0.3) is 5.91 Å². The lowest BCUT2D eigenvalue weighted by atomic mass is 9.93. The number of hydrogen-bond acceptors (Lipinski definition) is 6. The molecule has 1 aromatic carbocycles. The molecule has 3 aromatic rings. The van der Waals surface area contributed by atoms with E-state index in [2.05, 4.69) is 45.9 Å². The molecule has 1 saturated carbocycles. The first kappa shape index (κ1) is 19.6. The Kier molecular flexibility index (Phi) is 5.02. The van der Waals surface area contributed by atoms with Crippen molar-refractivity contribution in [3.05, 3.63) is 53.0 Å². The fraction of sp³-hybridized carbons (Fsp3) is 0.348. The second-order valence-corrected chi connectivity index (χ2v) is 9.65. The topological polar surface area (TPSA) is 60.2 Å². The number of carbonyl (C=O) groups is 1. The fourth-order valence-corrected chi connectivity index (χ4v) is 5.60. The van der Waals surface area contributed by atoms with Gasteiger partial charge in [-0.15, -0.1) is 11.3 Å². The third-order valence-electron chi connectivity index (χ3n) is 6.18. The van der Waals surface area contributed by atoms with Gasteiger partial charge in [0.05, 0.1) is 27.3 Å². The smallest absolute Gasteiger partial charge is 0.256 e. The molecule has 30 heavy (non-hydrogen) atoms. The van der Waals surface area contributed by atoms with Crippen LogP contribution in [0.4, 0.5) is 0 Å². The predicted octanol–water partition coefficient (Wildman–Crippen LogP) is 4.55. The van der Waals surface area contributed by atoms with Crippen LogP contribution in [0.25, 0.3) is 21.3 Å². The highest BCUT2D eigenvalue weighted by molar-refractivity contribution is 7.96. The molecule has 1 saturated heterocycles. The van der Waals surface area contributed by atoms with Gasteiger partial charge in [-0.2, -0.15) is 5.26 Å². The van der Waals surface area contributed by atoms with Crippen LogP contribution in [0.1, 0.15) is 28.8 Å². The van der Waals surface area contributed by atoms with Gasteiger partial charge in [0.2, 0.25) is 0 Å². The Bertz CT molecular complexity index is 1140. The molecule has 2 fully saturated rings. The van der Waals surface area contributed by atoms with Gasteiger partial charge in [0.1, 0.15) is 0 Å². The van der Waals surface area contributed by atoms with E-state index in [9.17, 15) is 10.1 Å². The molecule has 3 heterocycles. The van der Waals surface area contributed by atoms with Gasteiger partial charge >= 0.3 is 0 Å². The highest BCUT2D eigenvalue weighted by Gasteiger charge is 2.44. The van der Waals surface area contributed by atoms with Crippen molar-refractivity contribution >= 4 is 39.4 Å². The average Bonchev–Trinajstić information content (AvgIpc) is 3.47. The number of fused-ring (bicyclic) bond motifs is 1. The minimum atomic E-state index is -0.301. The zero-order valence-corrected chi connectivity index (χ0v) is 18.4. The summed E-state index contributed by atoms with van der Waals surface area (Å²) in [4.78, 5) is 20.0. The van der Waals surface area contributed by atoms with Crippen LogP contribution in [-0.4, -0.2) is 52.5 Å². The zero-order chi connectivity index (χ0) is 20.7. The summed E-state index contributed by atoms with van der Waals surface area (Å²) in [5, 5.41) is 11.5. The van der Waals surface area contributed by atoms with Crippen LogP contribution in [0.15, 0.2) is 41.9 Å². The first-order chi connectivity index (χ1) is 14.6. The minimum absolute atomic E-state index is 0.0494. The third-order valence-corrected chi connectivity index (χ3v) is 7.98. The standard InChI is InChI=1S/C23H22N4OS2/c1-29-27-11-9-26(10-12-27)22(28)18-14-25-19-6-13-30-21(19)20(18)16-2-4-17(5-3-16)23(15-24)7-8-23/h2-6,13-14H,7-12H2,1H3. The lowest BCUT2D eigenvalue weighted by molar-refractivity contribution is 0.0704. The number of nitrogens with zero attached hydrogens (tertiary/aromatic N) is 4. The SMILES string of the molecule is CSN1CCN(C(=O)c2cnc3ccsc3c2-c2ccc(C3(C#N)CC3)cc2)CC1. The van der Waals surface area contributed by atoms with E-state index < -0.39 is 0 Å². The summed E-state index contributed by atoms with van der Waals surface area (Å²) in [6.07, 6.45) is 5.67. The summed E-state index contributed by atoms with van der Waals surface area (Å²) < 4.78 is 3.32. The van der Waals surface area contributed by atoms with Crippen molar-refractivity contribution in [1.82, 2.24) is 14.2 Å². The van der Waals surface area contributed by atoms with Crippen molar-refractivity contribution in [1.29, 1.82) is 5.26 Å². The number of aromatic nitrogens is 1. The molecule has 0 radical (unpaired) electrons. The van der Waals surface area contributed by atoms with Gasteiger partial charge in [-0.1, -0.05) is 36.2 Å². The fourth-order valence-electron chi connectivity index (χ4n) is 4.15. The molecule has 0 spiro atoms. The Morgan fingerprint density at radius 3 is 2.53 bits per heavy atom. The van der Waals surface area contributed by atoms with Crippen molar-refractivity contribution in [2.75, 3.05) is 32.4 Å². The molecular weight excluding hydrogens is 412 g/mol. The highest BCUT2D eigenvalue weighted by Crippen LogP contribution is 2.48. The molecule has 2 aliphatic rings. The molecule has 0 N–H and O–H groups in total. The number of rotatable bonds is 4. The quantitative estimate of drug-likeness (QED) is 0.564. The number of carbonyl (C=O) groups excluding carboxylic acids is 1. The van der Waals surface area contributed by atoms with Gasteiger partial charge in [-0.25, -0.2) is 4.31 Å². The lowest BCUT2D eigenvalue weighted by Gasteiger charge is -2.33. The van der Waals surface area contributed by atoms with E-state index in [1.165, 1.54) is 0 Å². The number of thiophene rings is 1. The van der Waals surface area contributed by atoms with Crippen molar-refractivity contribution in [3.63, 3.8) is 0 Å². The van der Waals surface area contributed by atoms with Gasteiger partial charge in [-0.3, -0.25) is 9.78 Å². The molecular formula is C23H22N4OS2. The Labute approximate surface area is 184 Å². The molecule has 7 heteroatoms. The monoisotopic (exact) mass is 434 g/mol. The minimum Gasteiger partial charge on any atom is -0.336 e. The third kappa shape index (κ3) is 3.29. The summed E-state index contributed by atoms with van der Waals surface area (Å²) in [7, 11) is 0. The maximum Gasteiger partial charge on any atom is 0.256 e. The van der Waals surface area contributed by atoms with Crippen molar-refractivity contribution in [2.45, 2.75) is 18.3 Å². The molecule has 2 aromatic heterocycles. The van der Waals surface area contributed by atoms with E-state index in [0.717, 1.165) is 65.9 Å². The Morgan fingerprint density at radius 2 is 1.90 bits per heavy atom. The van der Waals surface area contributed by atoms with Crippen LogP contribution >= 0.6 is 23.3 Å². The van der Waals surface area contributed by atoms with Gasteiger partial charge in [0.15, 0.2) is 0 Å². The molecule has 0 bridgehead atoms. The molecule has 1 aliphatic heterocycles. The first-order valence-electron chi connectivity index (χ1n) is 10.1. The molecule has 1 amide bonds. The summed E-state index contributed by atoms with van der Waals surface area (Å²) in [5.74, 6) is 0.0494. The second kappa shape index (κ2) is 7.69. The van der Waals surface area contributed by atoms with Crippen LogP contribution in [0.5, 0.6) is 0 Å². The van der Waals surface area contributed by atoms with Crippen LogP contribution in [0.2, 0.25) is 0 Å². The molecule has 5 nitrogen and oxygen atoms in total. The summed E-state index contributed by atoms with van der Waals surface area (Å²) in [6.45, 7) is 3.21. The Balaban J connectivity index is 1.54. The van der Waals surface area contributed by atoms with Crippen molar-refractivity contribution < 1.29 is 4.79 Å². The summed E-state index contributed by atoms with van der Waals surface area (Å²) in [5.41, 5.74) is 4.32. The molecule has 0 atom stereocenters. The number of pyridine rings is 1. The van der Waals surface area contributed by atoms with Crippen LogP contribution < -0.4 is 0 Å². The zero-order valence-electron chi connectivity index (χ0n) is 16.8. The second-order valence-electron chi connectivity index (χ2n) is 7.86. The Hall–Kier alpha value is -2.40. The molecule has 0 unspecified atom stereocenters. The van der Waals surface area contributed by atoms with Crippen LogP contribution in [-0.2, 0) is 5.41 Å². The van der Waals surface area contributed by atoms with Crippen LogP contribution in [0, 0.1) is 11.3 Å². The van der Waals surface area contributed by atoms with E-state index in [1.54, 1.807) is 29.5 Å². The molecule has 5 rings (SSSR count). The number of nitriles is 1. The Morgan fingerprint density at radius 1 is 1.17 bits per heavy atom. The van der Waals surface area contributed by atoms with Crippen LogP contribution in [0.3, 0.4) is 0 Å². The maximum atomic E-state index is 13.5. The first-order valence-corrected chi connectivity index (χ1v) is 12.2. The van der Waals surface area contributed by atoms with Gasteiger partial charge < -0.3 is 4.90 Å². The maximum absolute atomic E-state index is 13.5.